The van der Waals surface area contributed by atoms with Crippen LogP contribution < -0.4 is 24.6 Å². The monoisotopic (exact) mass is 1110 g/mol. The summed E-state index contributed by atoms with van der Waals surface area (Å²) >= 11 is 0. The molecule has 2 aliphatic rings. The highest BCUT2D eigenvalue weighted by Gasteiger charge is 2.24. The SMILES string of the molecule is COc1ccnc(F)c1-c1ccc2c(c1)c(-c1ccnc(N3CCN(C(C)=O)CC3)c1)nn2COCC[Si](C)(C)C.COc1ccnc(F)c1-c1ccc2c(c1)c(-c1ccnc(N3CCNCC3)c1)nn2COCC[Si](C)(C)C. The summed E-state index contributed by atoms with van der Waals surface area (Å²) in [6, 6.07) is 25.0. The van der Waals surface area contributed by atoms with E-state index in [1.165, 1.54) is 26.6 Å². The van der Waals surface area contributed by atoms with Crippen LogP contribution in [0.2, 0.25) is 51.4 Å². The lowest BCUT2D eigenvalue weighted by molar-refractivity contribution is -0.129. The van der Waals surface area contributed by atoms with Gasteiger partial charge in [0.05, 0.1) is 36.4 Å². The summed E-state index contributed by atoms with van der Waals surface area (Å²) in [6.07, 6.45) is 6.42. The molecule has 79 heavy (non-hydrogen) atoms. The topological polar surface area (TPSA) is 163 Å². The Bertz CT molecular complexity index is 3410. The number of fused-ring (bicyclic) bond motifs is 2. The lowest BCUT2D eigenvalue weighted by Crippen LogP contribution is -2.48. The lowest BCUT2D eigenvalue weighted by Gasteiger charge is -2.35. The maximum atomic E-state index is 14.9. The summed E-state index contributed by atoms with van der Waals surface area (Å²) in [5.74, 6) is 1.53. The van der Waals surface area contributed by atoms with Gasteiger partial charge in [-0.25, -0.2) is 29.3 Å². The third-order valence-corrected chi connectivity index (χ3v) is 17.6. The molecule has 416 valence electrons. The molecule has 10 rings (SSSR count). The van der Waals surface area contributed by atoms with E-state index in [2.05, 4.69) is 80.4 Å². The van der Waals surface area contributed by atoms with Gasteiger partial charge in [0, 0.05) is 135 Å². The number of halogens is 2. The Morgan fingerprint density at radius 2 is 0.987 bits per heavy atom. The van der Waals surface area contributed by atoms with Crippen LogP contribution in [0.5, 0.6) is 11.5 Å². The first kappa shape index (κ1) is 56.5. The third-order valence-electron chi connectivity index (χ3n) is 14.2. The number of nitrogens with zero attached hydrogens (tertiary/aromatic N) is 11. The highest BCUT2D eigenvalue weighted by Crippen LogP contribution is 2.39. The van der Waals surface area contributed by atoms with Crippen LogP contribution in [0.25, 0.3) is 66.6 Å². The van der Waals surface area contributed by atoms with Crippen molar-refractivity contribution >= 4 is 55.5 Å². The minimum absolute atomic E-state index is 0.0907. The largest absolute Gasteiger partial charge is 0.496 e. The van der Waals surface area contributed by atoms with Gasteiger partial charge in [-0.15, -0.1) is 0 Å². The van der Waals surface area contributed by atoms with Crippen LogP contribution in [0.1, 0.15) is 6.92 Å². The predicted molar refractivity (Wildman–Crippen MR) is 313 cm³/mol. The van der Waals surface area contributed by atoms with E-state index in [1.807, 2.05) is 75.1 Å². The van der Waals surface area contributed by atoms with E-state index in [-0.39, 0.29) is 5.91 Å². The van der Waals surface area contributed by atoms with Gasteiger partial charge in [0.1, 0.15) is 48.0 Å². The maximum Gasteiger partial charge on any atom is 0.224 e. The fourth-order valence-electron chi connectivity index (χ4n) is 9.68. The predicted octanol–water partition coefficient (Wildman–Crippen LogP) is 10.3. The Balaban J connectivity index is 0.000000192. The third kappa shape index (κ3) is 13.6. The van der Waals surface area contributed by atoms with Gasteiger partial charge in [0.25, 0.3) is 0 Å². The van der Waals surface area contributed by atoms with Crippen LogP contribution in [-0.4, -0.2) is 146 Å². The van der Waals surface area contributed by atoms with Crippen molar-refractivity contribution in [1.29, 1.82) is 0 Å². The van der Waals surface area contributed by atoms with Crippen molar-refractivity contribution in [2.45, 2.75) is 71.8 Å². The Morgan fingerprint density at radius 3 is 1.41 bits per heavy atom. The molecule has 2 aromatic carbocycles. The molecule has 0 unspecified atom stereocenters. The quantitative estimate of drug-likeness (QED) is 0.0491. The fraction of sp³-hybridized carbons (Fsp3) is 0.397. The first-order chi connectivity index (χ1) is 38.0. The van der Waals surface area contributed by atoms with Crippen molar-refractivity contribution in [2.75, 3.05) is 89.6 Å². The van der Waals surface area contributed by atoms with Gasteiger partial charge in [0.2, 0.25) is 17.8 Å². The number of piperazine rings is 2. The Hall–Kier alpha value is -7.18. The molecule has 0 aliphatic carbocycles. The Morgan fingerprint density at radius 1 is 0.557 bits per heavy atom. The number of anilines is 2. The number of methoxy groups -OCH3 is 2. The summed E-state index contributed by atoms with van der Waals surface area (Å²) in [5.41, 5.74) is 7.17. The minimum Gasteiger partial charge on any atom is -0.496 e. The zero-order chi connectivity index (χ0) is 55.8. The fourth-order valence-corrected chi connectivity index (χ4v) is 11.2. The number of pyridine rings is 4. The number of hydrogen-bond donors (Lipinski definition) is 1. The molecule has 1 amide bonds. The van der Waals surface area contributed by atoms with Crippen LogP contribution in [0, 0.1) is 11.9 Å². The molecule has 0 saturated carbocycles. The number of nitrogens with one attached hydrogen (secondary N) is 1. The molecule has 21 heteroatoms. The molecule has 0 radical (unpaired) electrons. The molecule has 8 heterocycles. The number of amides is 1. The number of hydrogen-bond acceptors (Lipinski definition) is 14. The lowest BCUT2D eigenvalue weighted by atomic mass is 10.0. The van der Waals surface area contributed by atoms with Crippen molar-refractivity contribution in [3.05, 3.63) is 109 Å². The van der Waals surface area contributed by atoms with Gasteiger partial charge in [0.15, 0.2) is 0 Å². The van der Waals surface area contributed by atoms with E-state index in [9.17, 15) is 13.6 Å². The average molecular weight is 1110 g/mol. The van der Waals surface area contributed by atoms with E-state index in [0.717, 1.165) is 94.2 Å². The molecule has 8 aromatic rings. The van der Waals surface area contributed by atoms with Gasteiger partial charge in [-0.1, -0.05) is 51.4 Å². The van der Waals surface area contributed by atoms with Gasteiger partial charge in [-0.2, -0.15) is 19.0 Å². The van der Waals surface area contributed by atoms with E-state index >= 15 is 0 Å². The van der Waals surface area contributed by atoms with Crippen molar-refractivity contribution < 1.29 is 32.5 Å². The number of aromatic nitrogens is 8. The Labute approximate surface area is 462 Å². The highest BCUT2D eigenvalue weighted by atomic mass is 28.3. The van der Waals surface area contributed by atoms with E-state index < -0.39 is 28.0 Å². The molecular weight excluding hydrogens is 1040 g/mol. The van der Waals surface area contributed by atoms with Crippen LogP contribution >= 0.6 is 0 Å². The summed E-state index contributed by atoms with van der Waals surface area (Å²) in [6.45, 7) is 24.0. The van der Waals surface area contributed by atoms with E-state index in [4.69, 9.17) is 29.1 Å². The van der Waals surface area contributed by atoms with Crippen LogP contribution in [-0.2, 0) is 27.7 Å². The van der Waals surface area contributed by atoms with Crippen molar-refractivity contribution in [1.82, 2.24) is 49.7 Å². The number of ether oxygens (including phenoxy) is 4. The normalized spacial score (nSPS) is 14.2. The van der Waals surface area contributed by atoms with E-state index in [0.29, 0.717) is 86.6 Å². The van der Waals surface area contributed by atoms with Crippen molar-refractivity contribution in [3.8, 4) is 56.3 Å². The molecule has 17 nitrogen and oxygen atoms in total. The number of carbonyl (C=O) groups is 1. The molecule has 2 saturated heterocycles. The minimum atomic E-state index is -1.23. The van der Waals surface area contributed by atoms with Crippen molar-refractivity contribution in [3.63, 3.8) is 0 Å². The molecule has 0 bridgehead atoms. The second-order valence-corrected chi connectivity index (χ2v) is 33.5. The number of carbonyl (C=O) groups excluding carboxylic acids is 1. The van der Waals surface area contributed by atoms with Gasteiger partial charge < -0.3 is 39.0 Å². The summed E-state index contributed by atoms with van der Waals surface area (Å²) in [7, 11) is 0.621. The standard InChI is InChI=1S/C30H37FN6O3Si.C28H35FN6O2Si/c1-21(38)35-12-14-36(15-13-35)27-19-23(8-10-32-27)29-24-18-22(28-26(39-2)9-11-33-30(28)31)6-7-25(24)37(34-29)20-40-16-17-41(3,4)5;1-36-24-8-10-32-28(29)26(24)20-5-6-23-22(17-20)27(33-35(23)19-37-15-16-38(2,3)4)21-7-9-31-25(18-21)34-13-11-30-12-14-34/h6-11,18-19H,12-17,20H2,1-5H3;5-10,17-18,30H,11-16,19H2,1-4H3. The maximum absolute atomic E-state index is 14.9. The molecular formula is C58H72F2N12O5Si2. The van der Waals surface area contributed by atoms with Crippen molar-refractivity contribution in [2.24, 2.45) is 0 Å². The zero-order valence-corrected chi connectivity index (χ0v) is 48.9. The molecule has 0 atom stereocenters. The number of rotatable bonds is 18. The second kappa shape index (κ2) is 24.9. The first-order valence-corrected chi connectivity index (χ1v) is 34.3. The molecule has 2 fully saturated rings. The Kier molecular flexibility index (Phi) is 17.8. The summed E-state index contributed by atoms with van der Waals surface area (Å²) in [4.78, 5) is 35.1. The zero-order valence-electron chi connectivity index (χ0n) is 46.9. The average Bonchev–Trinajstić information content (AvgIpc) is 4.26. The second-order valence-electron chi connectivity index (χ2n) is 22.2. The smallest absolute Gasteiger partial charge is 0.224 e. The summed E-state index contributed by atoms with van der Waals surface area (Å²) in [5, 5.41) is 15.1. The molecule has 6 aromatic heterocycles. The van der Waals surface area contributed by atoms with Crippen LogP contribution in [0.15, 0.2) is 97.6 Å². The molecule has 0 spiro atoms. The van der Waals surface area contributed by atoms with Crippen LogP contribution in [0.4, 0.5) is 20.4 Å². The number of benzene rings is 2. The highest BCUT2D eigenvalue weighted by molar-refractivity contribution is 6.76. The van der Waals surface area contributed by atoms with Crippen LogP contribution in [0.3, 0.4) is 0 Å². The van der Waals surface area contributed by atoms with E-state index in [1.54, 1.807) is 25.3 Å². The first-order valence-electron chi connectivity index (χ1n) is 26.9. The summed E-state index contributed by atoms with van der Waals surface area (Å²) < 4.78 is 56.6. The molecule has 1 N–H and O–H groups in total. The van der Waals surface area contributed by atoms with Gasteiger partial charge in [-0.3, -0.25) is 4.79 Å². The molecule has 2 aliphatic heterocycles. The van der Waals surface area contributed by atoms with Gasteiger partial charge in [-0.05, 0) is 83.9 Å². The van der Waals surface area contributed by atoms with Gasteiger partial charge >= 0.3 is 0 Å².